The highest BCUT2D eigenvalue weighted by molar-refractivity contribution is 7.13. The van der Waals surface area contributed by atoms with Gasteiger partial charge in [-0.3, -0.25) is 0 Å². The number of aryl methyl sites for hydroxylation is 1. The molecule has 0 bridgehead atoms. The van der Waals surface area contributed by atoms with Crippen LogP contribution in [0.1, 0.15) is 18.2 Å². The van der Waals surface area contributed by atoms with Crippen LogP contribution in [0.4, 0.5) is 0 Å². The van der Waals surface area contributed by atoms with Crippen LogP contribution in [0, 0.1) is 11.3 Å². The highest BCUT2D eigenvalue weighted by Gasteiger charge is 2.11. The van der Waals surface area contributed by atoms with Crippen molar-refractivity contribution in [2.75, 3.05) is 7.11 Å². The summed E-state index contributed by atoms with van der Waals surface area (Å²) in [5.41, 5.74) is 3.08. The Hall–Kier alpha value is -1.86. The Kier molecular flexibility index (Phi) is 3.96. The molecule has 18 heavy (non-hydrogen) atoms. The van der Waals surface area contributed by atoms with Crippen molar-refractivity contribution >= 4 is 11.3 Å². The van der Waals surface area contributed by atoms with Gasteiger partial charge >= 0.3 is 0 Å². The minimum absolute atomic E-state index is 0.353. The molecular weight excluding hydrogens is 244 g/mol. The van der Waals surface area contributed by atoms with Gasteiger partial charge in [-0.25, -0.2) is 4.98 Å². The van der Waals surface area contributed by atoms with Crippen molar-refractivity contribution in [3.8, 4) is 22.4 Å². The van der Waals surface area contributed by atoms with Gasteiger partial charge in [-0.2, -0.15) is 5.26 Å². The van der Waals surface area contributed by atoms with E-state index in [0.29, 0.717) is 6.42 Å². The van der Waals surface area contributed by atoms with Gasteiger partial charge in [0.15, 0.2) is 0 Å². The van der Waals surface area contributed by atoms with Gasteiger partial charge in [-0.05, 0) is 24.1 Å². The molecule has 0 aliphatic carbocycles. The van der Waals surface area contributed by atoms with Crippen molar-refractivity contribution in [2.24, 2.45) is 0 Å². The highest BCUT2D eigenvalue weighted by Crippen LogP contribution is 2.33. The van der Waals surface area contributed by atoms with Crippen LogP contribution in [-0.4, -0.2) is 12.1 Å². The largest absolute Gasteiger partial charge is 0.496 e. The topological polar surface area (TPSA) is 45.9 Å². The normalized spacial score (nSPS) is 10.1. The average Bonchev–Trinajstić information content (AvgIpc) is 2.87. The average molecular weight is 258 g/mol. The van der Waals surface area contributed by atoms with Crippen LogP contribution < -0.4 is 4.74 Å². The molecule has 1 heterocycles. The lowest BCUT2D eigenvalue weighted by Gasteiger charge is -2.07. The quantitative estimate of drug-likeness (QED) is 0.843. The first-order valence-electron chi connectivity index (χ1n) is 5.77. The van der Waals surface area contributed by atoms with Crippen LogP contribution in [0.2, 0.25) is 0 Å². The van der Waals surface area contributed by atoms with Crippen LogP contribution in [0.25, 0.3) is 10.6 Å². The van der Waals surface area contributed by atoms with E-state index in [2.05, 4.69) is 30.1 Å². The Morgan fingerprint density at radius 1 is 1.44 bits per heavy atom. The smallest absolute Gasteiger partial charge is 0.129 e. The molecule has 0 aliphatic heterocycles. The molecule has 0 N–H and O–H groups in total. The fraction of sp³-hybridized carbons (Fsp3) is 0.286. The summed E-state index contributed by atoms with van der Waals surface area (Å²) >= 11 is 1.55. The van der Waals surface area contributed by atoms with Crippen molar-refractivity contribution in [1.29, 1.82) is 5.26 Å². The second kappa shape index (κ2) is 5.65. The molecular formula is C14H14N2OS. The number of nitrogens with zero attached hydrogens (tertiary/aromatic N) is 2. The Bertz CT molecular complexity index is 584. The molecule has 2 aromatic rings. The van der Waals surface area contributed by atoms with E-state index in [0.717, 1.165) is 28.4 Å². The zero-order valence-corrected chi connectivity index (χ0v) is 11.3. The second-order valence-corrected chi connectivity index (χ2v) is 4.73. The van der Waals surface area contributed by atoms with Gasteiger partial charge in [0.2, 0.25) is 0 Å². The van der Waals surface area contributed by atoms with Crippen molar-refractivity contribution in [1.82, 2.24) is 4.98 Å². The fourth-order valence-corrected chi connectivity index (χ4v) is 2.58. The molecule has 0 atom stereocenters. The van der Waals surface area contributed by atoms with E-state index in [1.807, 2.05) is 11.4 Å². The minimum Gasteiger partial charge on any atom is -0.496 e. The van der Waals surface area contributed by atoms with Crippen LogP contribution in [0.15, 0.2) is 23.6 Å². The van der Waals surface area contributed by atoms with Crippen molar-refractivity contribution < 1.29 is 4.74 Å². The van der Waals surface area contributed by atoms with Gasteiger partial charge in [0.25, 0.3) is 0 Å². The zero-order valence-electron chi connectivity index (χ0n) is 10.4. The molecule has 1 aromatic carbocycles. The number of hydrogen-bond acceptors (Lipinski definition) is 4. The summed E-state index contributed by atoms with van der Waals surface area (Å²) in [4.78, 5) is 4.47. The maximum absolute atomic E-state index is 8.67. The van der Waals surface area contributed by atoms with E-state index in [-0.39, 0.29) is 0 Å². The summed E-state index contributed by atoms with van der Waals surface area (Å²) in [6.07, 6.45) is 1.33. The number of nitriles is 1. The lowest BCUT2D eigenvalue weighted by molar-refractivity contribution is 0.416. The summed E-state index contributed by atoms with van der Waals surface area (Å²) < 4.78 is 5.37. The standard InChI is InChI=1S/C14H14N2OS/c1-3-10-4-5-13(17-2)12(8-10)14-16-11(6-7-15)9-18-14/h4-5,8-9H,3,6H2,1-2H3. The second-order valence-electron chi connectivity index (χ2n) is 3.87. The van der Waals surface area contributed by atoms with Gasteiger partial charge in [0, 0.05) is 5.38 Å². The maximum Gasteiger partial charge on any atom is 0.129 e. The molecule has 0 amide bonds. The van der Waals surface area contributed by atoms with Gasteiger partial charge in [-0.1, -0.05) is 13.0 Å². The van der Waals surface area contributed by atoms with E-state index in [1.54, 1.807) is 18.4 Å². The molecule has 0 spiro atoms. The number of aromatic nitrogens is 1. The van der Waals surface area contributed by atoms with E-state index in [9.17, 15) is 0 Å². The summed E-state index contributed by atoms with van der Waals surface area (Å²) in [6.45, 7) is 2.12. The molecule has 92 valence electrons. The first-order chi connectivity index (χ1) is 8.78. The SMILES string of the molecule is CCc1ccc(OC)c(-c2nc(CC#N)cs2)c1. The molecule has 0 unspecified atom stereocenters. The lowest BCUT2D eigenvalue weighted by Crippen LogP contribution is -1.90. The van der Waals surface area contributed by atoms with Crippen LogP contribution >= 0.6 is 11.3 Å². The Morgan fingerprint density at radius 3 is 2.94 bits per heavy atom. The minimum atomic E-state index is 0.353. The van der Waals surface area contributed by atoms with E-state index < -0.39 is 0 Å². The number of thiazole rings is 1. The van der Waals surface area contributed by atoms with Gasteiger partial charge in [-0.15, -0.1) is 11.3 Å². The fourth-order valence-electron chi connectivity index (χ4n) is 1.74. The van der Waals surface area contributed by atoms with Gasteiger partial charge < -0.3 is 4.74 Å². The summed E-state index contributed by atoms with van der Waals surface area (Å²) in [5.74, 6) is 0.824. The first-order valence-corrected chi connectivity index (χ1v) is 6.65. The molecule has 0 saturated heterocycles. The summed E-state index contributed by atoms with van der Waals surface area (Å²) in [7, 11) is 1.66. The Labute approximate surface area is 111 Å². The van der Waals surface area contributed by atoms with Crippen LogP contribution in [0.5, 0.6) is 5.75 Å². The van der Waals surface area contributed by atoms with E-state index in [4.69, 9.17) is 10.00 Å². The number of rotatable bonds is 4. The molecule has 3 nitrogen and oxygen atoms in total. The summed E-state index contributed by atoms with van der Waals surface area (Å²) in [5, 5.41) is 11.5. The Morgan fingerprint density at radius 2 is 2.28 bits per heavy atom. The highest BCUT2D eigenvalue weighted by atomic mass is 32.1. The van der Waals surface area contributed by atoms with Gasteiger partial charge in [0.05, 0.1) is 30.9 Å². The number of ether oxygens (including phenoxy) is 1. The Balaban J connectivity index is 2.44. The molecule has 0 radical (unpaired) electrons. The first kappa shape index (κ1) is 12.6. The van der Waals surface area contributed by atoms with Crippen LogP contribution in [0.3, 0.4) is 0 Å². The third-order valence-electron chi connectivity index (χ3n) is 2.71. The van der Waals surface area contributed by atoms with E-state index >= 15 is 0 Å². The molecule has 4 heteroatoms. The number of hydrogen-bond donors (Lipinski definition) is 0. The molecule has 0 aliphatic rings. The third-order valence-corrected chi connectivity index (χ3v) is 3.64. The predicted octanol–water partition coefficient (Wildman–Crippen LogP) is 3.45. The number of methoxy groups -OCH3 is 1. The molecule has 0 saturated carbocycles. The molecule has 2 rings (SSSR count). The van der Waals surface area contributed by atoms with Crippen molar-refractivity contribution in [3.63, 3.8) is 0 Å². The van der Waals surface area contributed by atoms with E-state index in [1.165, 1.54) is 5.56 Å². The van der Waals surface area contributed by atoms with Crippen molar-refractivity contribution in [2.45, 2.75) is 19.8 Å². The van der Waals surface area contributed by atoms with Crippen molar-refractivity contribution in [3.05, 3.63) is 34.8 Å². The lowest BCUT2D eigenvalue weighted by atomic mass is 10.1. The molecule has 1 aromatic heterocycles. The third kappa shape index (κ3) is 2.52. The predicted molar refractivity (Wildman–Crippen MR) is 72.8 cm³/mol. The molecule has 0 fully saturated rings. The zero-order chi connectivity index (χ0) is 13.0. The van der Waals surface area contributed by atoms with Gasteiger partial charge in [0.1, 0.15) is 10.8 Å². The summed E-state index contributed by atoms with van der Waals surface area (Å²) in [6, 6.07) is 8.25. The van der Waals surface area contributed by atoms with Crippen LogP contribution in [-0.2, 0) is 12.8 Å². The maximum atomic E-state index is 8.67. The monoisotopic (exact) mass is 258 g/mol. The number of benzene rings is 1.